The molecule has 0 fully saturated rings. The van der Waals surface area contributed by atoms with Gasteiger partial charge in [0.05, 0.1) is 29.1 Å². The fourth-order valence-electron chi connectivity index (χ4n) is 2.11. The van der Waals surface area contributed by atoms with E-state index in [1.807, 2.05) is 20.8 Å². The second kappa shape index (κ2) is 4.87. The van der Waals surface area contributed by atoms with Crippen LogP contribution in [0.5, 0.6) is 0 Å². The molecule has 0 aliphatic heterocycles. The van der Waals surface area contributed by atoms with Crippen LogP contribution >= 0.6 is 0 Å². The van der Waals surface area contributed by atoms with Crippen LogP contribution in [0.15, 0.2) is 18.2 Å². The first kappa shape index (κ1) is 13.3. The highest BCUT2D eigenvalue weighted by atomic mass is 16.3. The van der Waals surface area contributed by atoms with Crippen LogP contribution in [-0.4, -0.2) is 14.9 Å². The smallest absolute Gasteiger partial charge is 0.0992 e. The monoisotopic (exact) mass is 255 g/mol. The van der Waals surface area contributed by atoms with Crippen molar-refractivity contribution in [3.8, 4) is 11.8 Å². The standard InChI is InChI=1S/C15H17N3O/c1-9-10(2)17-18(11(9)3)15-7-13(8-16)5-6-14(15)12(4)19/h5-7,12,19H,1-4H3/t12-/m0/s1. The van der Waals surface area contributed by atoms with Crippen LogP contribution in [0.2, 0.25) is 0 Å². The number of rotatable bonds is 2. The largest absolute Gasteiger partial charge is 0.389 e. The van der Waals surface area contributed by atoms with E-state index in [-0.39, 0.29) is 0 Å². The molecule has 2 aromatic rings. The molecule has 0 saturated heterocycles. The van der Waals surface area contributed by atoms with Crippen LogP contribution in [-0.2, 0) is 0 Å². The number of aromatic nitrogens is 2. The lowest BCUT2D eigenvalue weighted by molar-refractivity contribution is 0.199. The van der Waals surface area contributed by atoms with Crippen molar-refractivity contribution in [3.63, 3.8) is 0 Å². The average molecular weight is 255 g/mol. The number of aryl methyl sites for hydroxylation is 1. The molecule has 4 heteroatoms. The Hall–Kier alpha value is -2.12. The van der Waals surface area contributed by atoms with Crippen molar-refractivity contribution in [1.29, 1.82) is 5.26 Å². The minimum atomic E-state index is -0.605. The molecule has 1 aromatic carbocycles. The van der Waals surface area contributed by atoms with Gasteiger partial charge < -0.3 is 5.11 Å². The molecule has 19 heavy (non-hydrogen) atoms. The van der Waals surface area contributed by atoms with E-state index in [0.717, 1.165) is 28.2 Å². The maximum Gasteiger partial charge on any atom is 0.0992 e. The Balaban J connectivity index is 2.72. The van der Waals surface area contributed by atoms with E-state index in [2.05, 4.69) is 11.2 Å². The molecule has 2 rings (SSSR count). The summed E-state index contributed by atoms with van der Waals surface area (Å²) in [6.45, 7) is 7.67. The lowest BCUT2D eigenvalue weighted by atomic mass is 10.1. The number of benzene rings is 1. The third-order valence-electron chi connectivity index (χ3n) is 3.49. The van der Waals surface area contributed by atoms with E-state index >= 15 is 0 Å². The van der Waals surface area contributed by atoms with Crippen LogP contribution in [0.4, 0.5) is 0 Å². The summed E-state index contributed by atoms with van der Waals surface area (Å²) in [4.78, 5) is 0. The molecule has 1 heterocycles. The lowest BCUT2D eigenvalue weighted by Crippen LogP contribution is -2.06. The topological polar surface area (TPSA) is 61.8 Å². The van der Waals surface area contributed by atoms with E-state index in [4.69, 9.17) is 5.26 Å². The van der Waals surface area contributed by atoms with Crippen molar-refractivity contribution < 1.29 is 5.11 Å². The van der Waals surface area contributed by atoms with Gasteiger partial charge in [-0.15, -0.1) is 0 Å². The number of nitrogens with zero attached hydrogens (tertiary/aromatic N) is 3. The number of aliphatic hydroxyl groups excluding tert-OH is 1. The Kier molecular flexibility index (Phi) is 3.41. The molecular weight excluding hydrogens is 238 g/mol. The molecule has 98 valence electrons. The van der Waals surface area contributed by atoms with E-state index in [1.165, 1.54) is 0 Å². The Morgan fingerprint density at radius 3 is 2.47 bits per heavy atom. The fraction of sp³-hybridized carbons (Fsp3) is 0.333. The van der Waals surface area contributed by atoms with Crippen LogP contribution in [0.25, 0.3) is 5.69 Å². The highest BCUT2D eigenvalue weighted by molar-refractivity contribution is 5.49. The summed E-state index contributed by atoms with van der Waals surface area (Å²) in [5.41, 5.74) is 5.20. The second-order valence-corrected chi connectivity index (χ2v) is 4.77. The summed E-state index contributed by atoms with van der Waals surface area (Å²) >= 11 is 0. The predicted molar refractivity (Wildman–Crippen MR) is 73.1 cm³/mol. The molecule has 0 spiro atoms. The lowest BCUT2D eigenvalue weighted by Gasteiger charge is -2.14. The zero-order chi connectivity index (χ0) is 14.2. The molecule has 0 aliphatic carbocycles. The summed E-state index contributed by atoms with van der Waals surface area (Å²) in [6.07, 6.45) is -0.605. The SMILES string of the molecule is Cc1nn(-c2cc(C#N)ccc2[C@H](C)O)c(C)c1C. The van der Waals surface area contributed by atoms with Gasteiger partial charge >= 0.3 is 0 Å². The molecular formula is C15H17N3O. The van der Waals surface area contributed by atoms with Crippen LogP contribution < -0.4 is 0 Å². The molecule has 0 aliphatic rings. The van der Waals surface area contributed by atoms with Gasteiger partial charge in [0.15, 0.2) is 0 Å². The van der Waals surface area contributed by atoms with Gasteiger partial charge in [0, 0.05) is 11.3 Å². The fourth-order valence-corrected chi connectivity index (χ4v) is 2.11. The first-order valence-electron chi connectivity index (χ1n) is 6.21. The average Bonchev–Trinajstić information content (AvgIpc) is 2.65. The summed E-state index contributed by atoms with van der Waals surface area (Å²) < 4.78 is 1.80. The highest BCUT2D eigenvalue weighted by Crippen LogP contribution is 2.25. The Labute approximate surface area is 112 Å². The van der Waals surface area contributed by atoms with E-state index in [0.29, 0.717) is 5.56 Å². The molecule has 0 bridgehead atoms. The minimum Gasteiger partial charge on any atom is -0.389 e. The number of hydrogen-bond donors (Lipinski definition) is 1. The molecule has 0 saturated carbocycles. The second-order valence-electron chi connectivity index (χ2n) is 4.77. The van der Waals surface area contributed by atoms with Gasteiger partial charge in [-0.25, -0.2) is 4.68 Å². The molecule has 1 N–H and O–H groups in total. The number of nitriles is 1. The zero-order valence-corrected chi connectivity index (χ0v) is 11.6. The van der Waals surface area contributed by atoms with Gasteiger partial charge in [-0.1, -0.05) is 6.07 Å². The number of hydrogen-bond acceptors (Lipinski definition) is 3. The summed E-state index contributed by atoms with van der Waals surface area (Å²) in [6, 6.07) is 7.38. The Morgan fingerprint density at radius 2 is 2.00 bits per heavy atom. The summed E-state index contributed by atoms with van der Waals surface area (Å²) in [5.74, 6) is 0. The Bertz CT molecular complexity index is 663. The molecule has 0 amide bonds. The van der Waals surface area contributed by atoms with E-state index in [1.54, 1.807) is 29.8 Å². The molecule has 1 atom stereocenters. The van der Waals surface area contributed by atoms with Crippen molar-refractivity contribution in [3.05, 3.63) is 46.3 Å². The van der Waals surface area contributed by atoms with Crippen molar-refractivity contribution in [2.24, 2.45) is 0 Å². The minimum absolute atomic E-state index is 0.560. The first-order chi connectivity index (χ1) is 8.95. The van der Waals surface area contributed by atoms with Crippen LogP contribution in [0.3, 0.4) is 0 Å². The maximum atomic E-state index is 9.87. The zero-order valence-electron chi connectivity index (χ0n) is 11.6. The van der Waals surface area contributed by atoms with Gasteiger partial charge in [0.25, 0.3) is 0 Å². The molecule has 1 aromatic heterocycles. The first-order valence-corrected chi connectivity index (χ1v) is 6.21. The van der Waals surface area contributed by atoms with Gasteiger partial charge in [-0.2, -0.15) is 10.4 Å². The van der Waals surface area contributed by atoms with Crippen LogP contribution in [0, 0.1) is 32.1 Å². The Morgan fingerprint density at radius 1 is 1.32 bits per heavy atom. The number of aliphatic hydroxyl groups is 1. The highest BCUT2D eigenvalue weighted by Gasteiger charge is 2.15. The van der Waals surface area contributed by atoms with Gasteiger partial charge in [0.1, 0.15) is 0 Å². The molecule has 4 nitrogen and oxygen atoms in total. The quantitative estimate of drug-likeness (QED) is 0.897. The van der Waals surface area contributed by atoms with E-state index in [9.17, 15) is 5.11 Å². The van der Waals surface area contributed by atoms with E-state index < -0.39 is 6.10 Å². The predicted octanol–water partition coefficient (Wildman–Crippen LogP) is 2.72. The van der Waals surface area contributed by atoms with Gasteiger partial charge in [-0.3, -0.25) is 0 Å². The van der Waals surface area contributed by atoms with Gasteiger partial charge in [0.2, 0.25) is 0 Å². The summed E-state index contributed by atoms with van der Waals surface area (Å²) in [7, 11) is 0. The maximum absolute atomic E-state index is 9.87. The van der Waals surface area contributed by atoms with Crippen molar-refractivity contribution in [1.82, 2.24) is 9.78 Å². The third kappa shape index (κ3) is 2.25. The van der Waals surface area contributed by atoms with Crippen LogP contribution in [0.1, 0.15) is 41.1 Å². The third-order valence-corrected chi connectivity index (χ3v) is 3.49. The molecule has 0 radical (unpaired) electrons. The molecule has 0 unspecified atom stereocenters. The van der Waals surface area contributed by atoms with Crippen molar-refractivity contribution >= 4 is 0 Å². The summed E-state index contributed by atoms with van der Waals surface area (Å²) in [5, 5.41) is 23.4. The normalized spacial score (nSPS) is 12.2. The van der Waals surface area contributed by atoms with Gasteiger partial charge in [-0.05, 0) is 45.4 Å². The van der Waals surface area contributed by atoms with Crippen molar-refractivity contribution in [2.45, 2.75) is 33.8 Å². The van der Waals surface area contributed by atoms with Crippen molar-refractivity contribution in [2.75, 3.05) is 0 Å².